The maximum atomic E-state index is 12.1. The Labute approximate surface area is 175 Å². The summed E-state index contributed by atoms with van der Waals surface area (Å²) in [6.07, 6.45) is 1.72. The van der Waals surface area contributed by atoms with Crippen LogP contribution < -0.4 is 14.8 Å². The number of anilines is 1. The maximum absolute atomic E-state index is 12.1. The lowest BCUT2D eigenvalue weighted by atomic mass is 10.2. The fourth-order valence-electron chi connectivity index (χ4n) is 2.56. The summed E-state index contributed by atoms with van der Waals surface area (Å²) in [5, 5.41) is 3.45. The minimum atomic E-state index is -0.250. The minimum absolute atomic E-state index is 0.124. The van der Waals surface area contributed by atoms with Gasteiger partial charge in [0, 0.05) is 16.9 Å². The highest BCUT2D eigenvalue weighted by molar-refractivity contribution is 6.31. The molecule has 0 unspecified atom stereocenters. The molecule has 0 aliphatic carbocycles. The van der Waals surface area contributed by atoms with Crippen molar-refractivity contribution in [3.63, 3.8) is 0 Å². The highest BCUT2D eigenvalue weighted by atomic mass is 35.5. The van der Waals surface area contributed by atoms with Crippen molar-refractivity contribution in [1.82, 2.24) is 0 Å². The molecule has 0 saturated heterocycles. The van der Waals surface area contributed by atoms with Gasteiger partial charge in [0.15, 0.2) is 18.1 Å². The van der Waals surface area contributed by atoms with Crippen molar-refractivity contribution in [3.8, 4) is 11.5 Å². The largest absolute Gasteiger partial charge is 0.493 e. The van der Waals surface area contributed by atoms with Crippen LogP contribution in [0.4, 0.5) is 11.4 Å². The second-order valence-corrected chi connectivity index (χ2v) is 6.71. The third-order valence-electron chi connectivity index (χ3n) is 4.12. The molecule has 0 saturated carbocycles. The third-order valence-corrected chi connectivity index (χ3v) is 4.53. The second kappa shape index (κ2) is 9.75. The first kappa shape index (κ1) is 20.4. The molecule has 0 fully saturated rings. The van der Waals surface area contributed by atoms with Gasteiger partial charge in [0.25, 0.3) is 5.91 Å². The first-order chi connectivity index (χ1) is 14.0. The van der Waals surface area contributed by atoms with Gasteiger partial charge in [-0.3, -0.25) is 9.79 Å². The van der Waals surface area contributed by atoms with Gasteiger partial charge in [-0.05, 0) is 60.5 Å². The zero-order chi connectivity index (χ0) is 20.6. The molecule has 0 atom stereocenters. The van der Waals surface area contributed by atoms with Crippen LogP contribution in [-0.4, -0.2) is 25.8 Å². The van der Waals surface area contributed by atoms with E-state index in [0.29, 0.717) is 16.5 Å². The lowest BCUT2D eigenvalue weighted by Crippen LogP contribution is -2.20. The van der Waals surface area contributed by atoms with E-state index in [0.717, 1.165) is 22.5 Å². The Morgan fingerprint density at radius 1 is 1.07 bits per heavy atom. The van der Waals surface area contributed by atoms with E-state index in [1.165, 1.54) is 0 Å². The van der Waals surface area contributed by atoms with Gasteiger partial charge in [-0.15, -0.1) is 0 Å². The van der Waals surface area contributed by atoms with Gasteiger partial charge in [0.2, 0.25) is 0 Å². The molecule has 6 heteroatoms. The number of rotatable bonds is 7. The predicted molar refractivity (Wildman–Crippen MR) is 117 cm³/mol. The molecule has 1 N–H and O–H groups in total. The van der Waals surface area contributed by atoms with E-state index in [2.05, 4.69) is 10.3 Å². The van der Waals surface area contributed by atoms with Crippen molar-refractivity contribution in [2.24, 2.45) is 4.99 Å². The Kier molecular flexibility index (Phi) is 6.87. The number of aryl methyl sites for hydroxylation is 1. The van der Waals surface area contributed by atoms with Gasteiger partial charge in [0.05, 0.1) is 12.8 Å². The van der Waals surface area contributed by atoms with Crippen LogP contribution in [0.5, 0.6) is 11.5 Å². The molecule has 0 aromatic heterocycles. The van der Waals surface area contributed by atoms with Crippen LogP contribution in [0.15, 0.2) is 71.7 Å². The molecule has 0 aliphatic rings. The number of aliphatic imine (C=N–C) groups is 1. The molecule has 5 nitrogen and oxygen atoms in total. The number of hydrogen-bond acceptors (Lipinski definition) is 4. The minimum Gasteiger partial charge on any atom is -0.493 e. The number of carbonyl (C=O) groups is 1. The number of halogens is 1. The summed E-state index contributed by atoms with van der Waals surface area (Å²) < 4.78 is 11.0. The molecule has 1 amide bonds. The van der Waals surface area contributed by atoms with Crippen LogP contribution in [-0.2, 0) is 4.79 Å². The molecule has 3 aromatic rings. The van der Waals surface area contributed by atoms with E-state index < -0.39 is 0 Å². The molecule has 0 spiro atoms. The van der Waals surface area contributed by atoms with Crippen molar-refractivity contribution < 1.29 is 14.3 Å². The summed E-state index contributed by atoms with van der Waals surface area (Å²) in [5.41, 5.74) is 3.32. The monoisotopic (exact) mass is 408 g/mol. The number of hydrogen-bond donors (Lipinski definition) is 1. The number of benzene rings is 3. The number of nitrogens with one attached hydrogen (secondary N) is 1. The molecule has 0 heterocycles. The standard InChI is InChI=1S/C23H21ClN2O3/c1-16-8-10-19(13-20(16)24)25-14-17-9-11-21(22(12-17)28-2)29-15-23(27)26-18-6-4-3-5-7-18/h3-14H,15H2,1-2H3,(H,26,27). The van der Waals surface area contributed by atoms with Crippen LogP contribution in [0, 0.1) is 6.92 Å². The van der Waals surface area contributed by atoms with Gasteiger partial charge in [-0.2, -0.15) is 0 Å². The number of ether oxygens (including phenoxy) is 2. The Balaban J connectivity index is 1.64. The lowest BCUT2D eigenvalue weighted by molar-refractivity contribution is -0.118. The number of nitrogens with zero attached hydrogens (tertiary/aromatic N) is 1. The normalized spacial score (nSPS) is 10.7. The van der Waals surface area contributed by atoms with Crippen molar-refractivity contribution >= 4 is 35.1 Å². The van der Waals surface area contributed by atoms with E-state index in [4.69, 9.17) is 21.1 Å². The Morgan fingerprint density at radius 3 is 2.59 bits per heavy atom. The maximum Gasteiger partial charge on any atom is 0.262 e. The zero-order valence-electron chi connectivity index (χ0n) is 16.2. The molecular weight excluding hydrogens is 388 g/mol. The quantitative estimate of drug-likeness (QED) is 0.530. The molecular formula is C23H21ClN2O3. The Bertz CT molecular complexity index is 1020. The summed E-state index contributed by atoms with van der Waals surface area (Å²) in [5.74, 6) is 0.745. The van der Waals surface area contributed by atoms with Crippen LogP contribution in [0.1, 0.15) is 11.1 Å². The van der Waals surface area contributed by atoms with Crippen LogP contribution in [0.2, 0.25) is 5.02 Å². The van der Waals surface area contributed by atoms with E-state index in [9.17, 15) is 4.79 Å². The van der Waals surface area contributed by atoms with E-state index in [-0.39, 0.29) is 12.5 Å². The van der Waals surface area contributed by atoms with Gasteiger partial charge in [0.1, 0.15) is 0 Å². The van der Waals surface area contributed by atoms with Crippen molar-refractivity contribution in [1.29, 1.82) is 0 Å². The summed E-state index contributed by atoms with van der Waals surface area (Å²) in [6.45, 7) is 1.82. The second-order valence-electron chi connectivity index (χ2n) is 6.30. The summed E-state index contributed by atoms with van der Waals surface area (Å²) in [7, 11) is 1.55. The number of para-hydroxylation sites is 1. The first-order valence-corrected chi connectivity index (χ1v) is 9.39. The van der Waals surface area contributed by atoms with Crippen molar-refractivity contribution in [3.05, 3.63) is 82.9 Å². The molecule has 0 aliphatic heterocycles. The van der Waals surface area contributed by atoms with Gasteiger partial charge in [-0.1, -0.05) is 35.9 Å². The van der Waals surface area contributed by atoms with E-state index in [1.54, 1.807) is 25.5 Å². The van der Waals surface area contributed by atoms with Crippen molar-refractivity contribution in [2.75, 3.05) is 19.0 Å². The smallest absolute Gasteiger partial charge is 0.262 e. The SMILES string of the molecule is COc1cc(C=Nc2ccc(C)c(Cl)c2)ccc1OCC(=O)Nc1ccccc1. The van der Waals surface area contributed by atoms with Crippen molar-refractivity contribution in [2.45, 2.75) is 6.92 Å². The number of methoxy groups -OCH3 is 1. The number of amides is 1. The topological polar surface area (TPSA) is 59.9 Å². The summed E-state index contributed by atoms with van der Waals surface area (Å²) in [4.78, 5) is 16.5. The predicted octanol–water partition coefficient (Wildman–Crippen LogP) is 5.43. The molecule has 148 valence electrons. The zero-order valence-corrected chi connectivity index (χ0v) is 16.9. The lowest BCUT2D eigenvalue weighted by Gasteiger charge is -2.11. The first-order valence-electron chi connectivity index (χ1n) is 9.01. The average Bonchev–Trinajstić information content (AvgIpc) is 2.74. The fraction of sp³-hybridized carbons (Fsp3) is 0.130. The average molecular weight is 409 g/mol. The van der Waals surface area contributed by atoms with Crippen LogP contribution in [0.3, 0.4) is 0 Å². The van der Waals surface area contributed by atoms with Gasteiger partial charge in [-0.25, -0.2) is 0 Å². The molecule has 29 heavy (non-hydrogen) atoms. The highest BCUT2D eigenvalue weighted by Crippen LogP contribution is 2.28. The third kappa shape index (κ3) is 5.83. The van der Waals surface area contributed by atoms with E-state index in [1.807, 2.05) is 61.5 Å². The van der Waals surface area contributed by atoms with E-state index >= 15 is 0 Å². The Hall–Kier alpha value is -3.31. The molecule has 0 bridgehead atoms. The Morgan fingerprint density at radius 2 is 1.86 bits per heavy atom. The highest BCUT2D eigenvalue weighted by Gasteiger charge is 2.09. The molecule has 3 rings (SSSR count). The van der Waals surface area contributed by atoms with Gasteiger partial charge >= 0.3 is 0 Å². The van der Waals surface area contributed by atoms with Crippen LogP contribution >= 0.6 is 11.6 Å². The summed E-state index contributed by atoms with van der Waals surface area (Å²) in [6, 6.07) is 20.2. The molecule has 0 radical (unpaired) electrons. The number of carbonyl (C=O) groups excluding carboxylic acids is 1. The fourth-order valence-corrected chi connectivity index (χ4v) is 2.73. The molecule has 3 aromatic carbocycles. The van der Waals surface area contributed by atoms with Gasteiger partial charge < -0.3 is 14.8 Å². The summed E-state index contributed by atoms with van der Waals surface area (Å²) >= 11 is 6.13. The van der Waals surface area contributed by atoms with Crippen LogP contribution in [0.25, 0.3) is 0 Å².